The molecule has 0 aliphatic carbocycles. The molecule has 0 heterocycles. The van der Waals surface area contributed by atoms with Crippen LogP contribution in [0.15, 0.2) is 0 Å². The van der Waals surface area contributed by atoms with E-state index in [1.807, 2.05) is 6.92 Å². The molecule has 114 valence electrons. The zero-order chi connectivity index (χ0) is 14.3. The molecule has 0 bridgehead atoms. The lowest BCUT2D eigenvalue weighted by atomic mass is 10.0. The normalized spacial score (nSPS) is 12.4. The van der Waals surface area contributed by atoms with Crippen LogP contribution in [-0.4, -0.2) is 18.6 Å². The van der Waals surface area contributed by atoms with E-state index in [0.29, 0.717) is 13.0 Å². The van der Waals surface area contributed by atoms with E-state index >= 15 is 0 Å². The number of carbonyl (C=O) groups is 1. The minimum Gasteiger partial charge on any atom is -0.466 e. The quantitative estimate of drug-likeness (QED) is 0.404. The summed E-state index contributed by atoms with van der Waals surface area (Å²) in [6.45, 7) is 4.52. The van der Waals surface area contributed by atoms with E-state index in [0.717, 1.165) is 12.8 Å². The maximum atomic E-state index is 11.2. The molecule has 0 saturated carbocycles. The number of esters is 1. The van der Waals surface area contributed by atoms with Gasteiger partial charge in [0.05, 0.1) is 13.0 Å². The van der Waals surface area contributed by atoms with Gasteiger partial charge in [-0.2, -0.15) is 0 Å². The van der Waals surface area contributed by atoms with Crippen molar-refractivity contribution in [1.82, 2.24) is 0 Å². The van der Waals surface area contributed by atoms with Gasteiger partial charge in [-0.1, -0.05) is 64.7 Å². The first-order chi connectivity index (χ1) is 9.20. The summed E-state index contributed by atoms with van der Waals surface area (Å²) in [5.41, 5.74) is 5.90. The van der Waals surface area contributed by atoms with Crippen molar-refractivity contribution in [2.24, 2.45) is 5.73 Å². The molecule has 0 aromatic rings. The van der Waals surface area contributed by atoms with Crippen molar-refractivity contribution in [1.29, 1.82) is 0 Å². The van der Waals surface area contributed by atoms with Crippen molar-refractivity contribution in [3.63, 3.8) is 0 Å². The largest absolute Gasteiger partial charge is 0.466 e. The number of hydrogen-bond donors (Lipinski definition) is 1. The molecule has 0 unspecified atom stereocenters. The third-order valence-corrected chi connectivity index (χ3v) is 3.41. The Morgan fingerprint density at radius 1 is 0.947 bits per heavy atom. The first-order valence-corrected chi connectivity index (χ1v) is 8.11. The molecule has 0 aromatic heterocycles. The second-order valence-corrected chi connectivity index (χ2v) is 5.39. The number of nitrogens with two attached hydrogens (primary N) is 1. The molecule has 19 heavy (non-hydrogen) atoms. The number of unbranched alkanes of at least 4 members (excludes halogenated alkanes) is 8. The summed E-state index contributed by atoms with van der Waals surface area (Å²) < 4.78 is 4.89. The van der Waals surface area contributed by atoms with Gasteiger partial charge in [-0.15, -0.1) is 0 Å². The Morgan fingerprint density at radius 2 is 1.47 bits per heavy atom. The molecule has 1 atom stereocenters. The monoisotopic (exact) mass is 271 g/mol. The Hall–Kier alpha value is -0.570. The highest BCUT2D eigenvalue weighted by molar-refractivity contribution is 5.70. The Kier molecular flexibility index (Phi) is 13.4. The standard InChI is InChI=1S/C16H33NO2/c1-3-5-6-7-8-9-10-11-12-13-15(17)14-16(18)19-4-2/h15H,3-14,17H2,1-2H3/t15-/m1/s1. The summed E-state index contributed by atoms with van der Waals surface area (Å²) in [5.74, 6) is -0.161. The minimum atomic E-state index is -0.161. The molecule has 0 radical (unpaired) electrons. The maximum absolute atomic E-state index is 11.2. The second-order valence-electron chi connectivity index (χ2n) is 5.39. The van der Waals surface area contributed by atoms with Crippen LogP contribution in [0.2, 0.25) is 0 Å². The average Bonchev–Trinajstić information content (AvgIpc) is 2.37. The molecule has 0 amide bonds. The van der Waals surface area contributed by atoms with Crippen LogP contribution in [0, 0.1) is 0 Å². The van der Waals surface area contributed by atoms with Gasteiger partial charge in [0, 0.05) is 6.04 Å². The zero-order valence-electron chi connectivity index (χ0n) is 13.0. The Morgan fingerprint density at radius 3 is 2.00 bits per heavy atom. The first kappa shape index (κ1) is 18.4. The van der Waals surface area contributed by atoms with Crippen LogP contribution in [0.3, 0.4) is 0 Å². The van der Waals surface area contributed by atoms with E-state index in [1.165, 1.54) is 51.4 Å². The predicted molar refractivity (Wildman–Crippen MR) is 81.1 cm³/mol. The highest BCUT2D eigenvalue weighted by Gasteiger charge is 2.09. The number of rotatable bonds is 13. The van der Waals surface area contributed by atoms with Crippen LogP contribution in [0.25, 0.3) is 0 Å². The van der Waals surface area contributed by atoms with Crippen molar-refractivity contribution < 1.29 is 9.53 Å². The minimum absolute atomic E-state index is 0.0244. The highest BCUT2D eigenvalue weighted by Crippen LogP contribution is 2.11. The molecular weight excluding hydrogens is 238 g/mol. The van der Waals surface area contributed by atoms with Gasteiger partial charge in [0.15, 0.2) is 0 Å². The van der Waals surface area contributed by atoms with E-state index < -0.39 is 0 Å². The molecule has 3 heteroatoms. The van der Waals surface area contributed by atoms with Crippen molar-refractivity contribution in [2.45, 2.75) is 90.5 Å². The average molecular weight is 271 g/mol. The Bertz CT molecular complexity index is 207. The summed E-state index contributed by atoms with van der Waals surface area (Å²) in [5, 5.41) is 0. The number of hydrogen-bond acceptors (Lipinski definition) is 3. The molecule has 0 spiro atoms. The lowest BCUT2D eigenvalue weighted by Crippen LogP contribution is -2.24. The summed E-state index contributed by atoms with van der Waals surface area (Å²) in [6, 6.07) is -0.0244. The number of ether oxygens (including phenoxy) is 1. The second kappa shape index (κ2) is 13.9. The molecule has 0 fully saturated rings. The van der Waals surface area contributed by atoms with Crippen LogP contribution >= 0.6 is 0 Å². The van der Waals surface area contributed by atoms with E-state index in [4.69, 9.17) is 10.5 Å². The van der Waals surface area contributed by atoms with Crippen molar-refractivity contribution in [3.05, 3.63) is 0 Å². The molecule has 0 aliphatic rings. The molecule has 2 N–H and O–H groups in total. The van der Waals surface area contributed by atoms with Gasteiger partial charge in [0.2, 0.25) is 0 Å². The van der Waals surface area contributed by atoms with Gasteiger partial charge < -0.3 is 10.5 Å². The van der Waals surface area contributed by atoms with Crippen LogP contribution in [0.1, 0.15) is 84.5 Å². The Labute approximate surface area is 119 Å². The fourth-order valence-corrected chi connectivity index (χ4v) is 2.25. The highest BCUT2D eigenvalue weighted by atomic mass is 16.5. The summed E-state index contributed by atoms with van der Waals surface area (Å²) in [7, 11) is 0. The molecule has 3 nitrogen and oxygen atoms in total. The van der Waals surface area contributed by atoms with Gasteiger partial charge in [-0.3, -0.25) is 4.79 Å². The zero-order valence-corrected chi connectivity index (χ0v) is 13.0. The van der Waals surface area contributed by atoms with Gasteiger partial charge >= 0.3 is 5.97 Å². The predicted octanol–water partition coefficient (Wildman–Crippen LogP) is 4.19. The fraction of sp³-hybridized carbons (Fsp3) is 0.938. The first-order valence-electron chi connectivity index (χ1n) is 8.11. The lowest BCUT2D eigenvalue weighted by molar-refractivity contribution is -0.143. The molecule has 0 saturated heterocycles. The Balaban J connectivity index is 3.22. The molecule has 0 rings (SSSR count). The van der Waals surface area contributed by atoms with Crippen LogP contribution in [0.5, 0.6) is 0 Å². The SMILES string of the molecule is CCCCCCCCCCC[C@@H](N)CC(=O)OCC. The molecular formula is C16H33NO2. The van der Waals surface area contributed by atoms with Crippen molar-refractivity contribution in [3.8, 4) is 0 Å². The summed E-state index contributed by atoms with van der Waals surface area (Å²) in [6.07, 6.45) is 13.2. The molecule has 0 aliphatic heterocycles. The van der Waals surface area contributed by atoms with Crippen molar-refractivity contribution >= 4 is 5.97 Å². The van der Waals surface area contributed by atoms with Gasteiger partial charge in [-0.05, 0) is 13.3 Å². The van der Waals surface area contributed by atoms with E-state index in [1.54, 1.807) is 0 Å². The van der Waals surface area contributed by atoms with Gasteiger partial charge in [0.25, 0.3) is 0 Å². The van der Waals surface area contributed by atoms with E-state index in [9.17, 15) is 4.79 Å². The maximum Gasteiger partial charge on any atom is 0.307 e. The van der Waals surface area contributed by atoms with Crippen LogP contribution in [-0.2, 0) is 9.53 Å². The van der Waals surface area contributed by atoms with Gasteiger partial charge in [0.1, 0.15) is 0 Å². The third-order valence-electron chi connectivity index (χ3n) is 3.41. The summed E-state index contributed by atoms with van der Waals surface area (Å²) >= 11 is 0. The number of carbonyl (C=O) groups excluding carboxylic acids is 1. The fourth-order valence-electron chi connectivity index (χ4n) is 2.25. The topological polar surface area (TPSA) is 52.3 Å². The smallest absolute Gasteiger partial charge is 0.307 e. The van der Waals surface area contributed by atoms with E-state index in [-0.39, 0.29) is 12.0 Å². The lowest BCUT2D eigenvalue weighted by Gasteiger charge is -2.10. The van der Waals surface area contributed by atoms with Crippen molar-refractivity contribution in [2.75, 3.05) is 6.61 Å². The summed E-state index contributed by atoms with van der Waals surface area (Å²) in [4.78, 5) is 11.2. The van der Waals surface area contributed by atoms with Crippen LogP contribution < -0.4 is 5.73 Å². The van der Waals surface area contributed by atoms with Crippen LogP contribution in [0.4, 0.5) is 0 Å². The molecule has 0 aromatic carbocycles. The van der Waals surface area contributed by atoms with E-state index in [2.05, 4.69) is 6.92 Å². The third kappa shape index (κ3) is 13.7. The van der Waals surface area contributed by atoms with Gasteiger partial charge in [-0.25, -0.2) is 0 Å².